The highest BCUT2D eigenvalue weighted by atomic mass is 32.2. The highest BCUT2D eigenvalue weighted by Crippen LogP contribution is 2.42. The van der Waals surface area contributed by atoms with E-state index in [0.717, 1.165) is 21.7 Å². The van der Waals surface area contributed by atoms with Gasteiger partial charge in [0.25, 0.3) is 10.0 Å². The Hall–Kier alpha value is -3.75. The first-order chi connectivity index (χ1) is 16.9. The lowest BCUT2D eigenvalue weighted by atomic mass is 10.1. The lowest BCUT2D eigenvalue weighted by molar-refractivity contribution is -0.140. The van der Waals surface area contributed by atoms with Crippen LogP contribution in [0.25, 0.3) is 10.1 Å². The number of carbonyl (C=O) groups is 1. The lowest BCUT2D eigenvalue weighted by Crippen LogP contribution is -2.31. The molecule has 3 aromatic carbocycles. The minimum absolute atomic E-state index is 0.0194. The molecule has 0 aliphatic heterocycles. The fraction of sp³-hybridized carbons (Fsp3) is 0.120. The van der Waals surface area contributed by atoms with Gasteiger partial charge in [-0.1, -0.05) is 24.3 Å². The number of carbonyl (C=O) groups excluding carboxylic acids is 1. The van der Waals surface area contributed by atoms with E-state index < -0.39 is 39.9 Å². The van der Waals surface area contributed by atoms with Crippen LogP contribution < -0.4 is 4.31 Å². The van der Waals surface area contributed by atoms with Crippen LogP contribution in [-0.4, -0.2) is 14.2 Å². The van der Waals surface area contributed by atoms with Crippen molar-refractivity contribution in [2.75, 3.05) is 4.31 Å². The number of thiophene rings is 1. The van der Waals surface area contributed by atoms with Crippen molar-refractivity contribution < 1.29 is 30.8 Å². The van der Waals surface area contributed by atoms with E-state index >= 15 is 0 Å². The Morgan fingerprint density at radius 1 is 1.06 bits per heavy atom. The first-order valence-electron chi connectivity index (χ1n) is 10.3. The Kier molecular flexibility index (Phi) is 6.60. The fourth-order valence-corrected chi connectivity index (χ4v) is 6.62. The van der Waals surface area contributed by atoms with E-state index in [2.05, 4.69) is 0 Å². The van der Waals surface area contributed by atoms with Crippen LogP contribution in [0.4, 0.5) is 22.6 Å². The van der Waals surface area contributed by atoms with Crippen molar-refractivity contribution in [2.24, 2.45) is 0 Å². The first-order valence-corrected chi connectivity index (χ1v) is 12.6. The highest BCUT2D eigenvalue weighted by molar-refractivity contribution is 7.93. The third-order valence-electron chi connectivity index (χ3n) is 5.39. The van der Waals surface area contributed by atoms with Crippen LogP contribution >= 0.6 is 11.3 Å². The maximum absolute atomic E-state index is 13.9. The number of sulfonamides is 1. The van der Waals surface area contributed by atoms with E-state index in [1.165, 1.54) is 31.2 Å². The van der Waals surface area contributed by atoms with E-state index in [9.17, 15) is 30.8 Å². The summed E-state index contributed by atoms with van der Waals surface area (Å²) < 4.78 is 82.9. The number of halogens is 4. The normalized spacial score (nSPS) is 11.9. The monoisotopic (exact) mass is 532 g/mol. The zero-order chi connectivity index (χ0) is 26.3. The molecule has 36 heavy (non-hydrogen) atoms. The van der Waals surface area contributed by atoms with Crippen LogP contribution in [0.1, 0.15) is 34.0 Å². The van der Waals surface area contributed by atoms with Crippen LogP contribution in [0.5, 0.6) is 0 Å². The van der Waals surface area contributed by atoms with Crippen LogP contribution in [0.2, 0.25) is 0 Å². The van der Waals surface area contributed by atoms with E-state index in [0.29, 0.717) is 22.2 Å². The molecule has 0 atom stereocenters. The molecule has 5 nitrogen and oxygen atoms in total. The summed E-state index contributed by atoms with van der Waals surface area (Å²) in [7, 11) is -4.43. The topological polar surface area (TPSA) is 78.2 Å². The number of Topliss-reactive ketones (excluding diaryl/α,β-unsaturated/α-hetero) is 1. The quantitative estimate of drug-likeness (QED) is 0.209. The van der Waals surface area contributed by atoms with Gasteiger partial charge in [0, 0.05) is 10.1 Å². The van der Waals surface area contributed by atoms with Gasteiger partial charge in [-0.15, -0.1) is 11.3 Å². The molecule has 0 radical (unpaired) electrons. The van der Waals surface area contributed by atoms with Gasteiger partial charge in [0.15, 0.2) is 5.78 Å². The molecule has 0 amide bonds. The Labute approximate surface area is 207 Å². The highest BCUT2D eigenvalue weighted by Gasteiger charge is 2.35. The second-order valence-corrected chi connectivity index (χ2v) is 10.7. The van der Waals surface area contributed by atoms with Gasteiger partial charge in [0.1, 0.15) is 10.8 Å². The van der Waals surface area contributed by atoms with Crippen LogP contribution in [0, 0.1) is 17.1 Å². The summed E-state index contributed by atoms with van der Waals surface area (Å²) in [6.45, 7) is 0.670. The number of fused-ring (bicyclic) bond motifs is 1. The molecular formula is C25H16F4N2O3S2. The second-order valence-electron chi connectivity index (χ2n) is 7.79. The maximum Gasteiger partial charge on any atom is 0.419 e. The number of benzene rings is 3. The Morgan fingerprint density at radius 2 is 1.72 bits per heavy atom. The van der Waals surface area contributed by atoms with Gasteiger partial charge in [-0.25, -0.2) is 12.8 Å². The smallest absolute Gasteiger partial charge is 0.294 e. The molecule has 4 aromatic rings. The summed E-state index contributed by atoms with van der Waals surface area (Å²) >= 11 is 0.999. The molecule has 0 fully saturated rings. The predicted molar refractivity (Wildman–Crippen MR) is 128 cm³/mol. The molecule has 0 spiro atoms. The molecular weight excluding hydrogens is 516 g/mol. The number of anilines is 1. The zero-order valence-electron chi connectivity index (χ0n) is 18.5. The summed E-state index contributed by atoms with van der Waals surface area (Å²) in [5.41, 5.74) is -1.35. The average molecular weight is 533 g/mol. The number of hydrogen-bond donors (Lipinski definition) is 0. The molecule has 184 valence electrons. The van der Waals surface area contributed by atoms with Gasteiger partial charge >= 0.3 is 6.18 Å². The van der Waals surface area contributed by atoms with Crippen LogP contribution in [0.15, 0.2) is 71.6 Å². The summed E-state index contributed by atoms with van der Waals surface area (Å²) in [6, 6.07) is 15.9. The molecule has 0 aliphatic rings. The van der Waals surface area contributed by atoms with Gasteiger partial charge in [-0.3, -0.25) is 9.10 Å². The lowest BCUT2D eigenvalue weighted by Gasteiger charge is -2.25. The predicted octanol–water partition coefficient (Wildman–Crippen LogP) is 6.53. The largest absolute Gasteiger partial charge is 0.419 e. The van der Waals surface area contributed by atoms with E-state index in [-0.39, 0.29) is 26.6 Å². The van der Waals surface area contributed by atoms with Crippen molar-refractivity contribution in [3.8, 4) is 6.07 Å². The Bertz CT molecular complexity index is 1620. The summed E-state index contributed by atoms with van der Waals surface area (Å²) in [6.07, 6.45) is -4.99. The van der Waals surface area contributed by atoms with Gasteiger partial charge in [0.2, 0.25) is 0 Å². The fourth-order valence-electron chi connectivity index (χ4n) is 3.70. The molecule has 0 unspecified atom stereocenters. The van der Waals surface area contributed by atoms with Crippen molar-refractivity contribution in [3.05, 3.63) is 94.8 Å². The molecule has 0 bridgehead atoms. The Balaban J connectivity index is 1.95. The molecule has 11 heteroatoms. The van der Waals surface area contributed by atoms with Crippen molar-refractivity contribution >= 4 is 42.2 Å². The third kappa shape index (κ3) is 4.69. The van der Waals surface area contributed by atoms with E-state index in [1.54, 1.807) is 24.3 Å². The summed E-state index contributed by atoms with van der Waals surface area (Å²) in [5.74, 6) is -1.92. The molecule has 4 rings (SSSR count). The molecule has 0 saturated heterocycles. The van der Waals surface area contributed by atoms with E-state index in [1.807, 2.05) is 6.07 Å². The number of nitrogens with zero attached hydrogens (tertiary/aromatic N) is 2. The van der Waals surface area contributed by atoms with Gasteiger partial charge in [0.05, 0.1) is 34.2 Å². The van der Waals surface area contributed by atoms with Crippen molar-refractivity contribution in [2.45, 2.75) is 24.5 Å². The molecule has 0 aliphatic carbocycles. The third-order valence-corrected chi connectivity index (χ3v) is 8.46. The SMILES string of the molecule is CC(=O)c1c(N(Cc2ccc(F)c(C(F)(F)F)c2)S(=O)(=O)c2ccc(C#N)cc2)sc2ccccc12. The number of nitriles is 1. The second kappa shape index (κ2) is 9.37. The van der Waals surface area contributed by atoms with Gasteiger partial charge < -0.3 is 0 Å². The van der Waals surface area contributed by atoms with Crippen LogP contribution in [-0.2, 0) is 22.7 Å². The van der Waals surface area contributed by atoms with E-state index in [4.69, 9.17) is 5.26 Å². The summed E-state index contributed by atoms with van der Waals surface area (Å²) in [4.78, 5) is 12.4. The molecule has 1 heterocycles. The summed E-state index contributed by atoms with van der Waals surface area (Å²) in [5, 5.41) is 9.56. The minimum atomic E-state index is -4.99. The van der Waals surface area contributed by atoms with Crippen molar-refractivity contribution in [3.63, 3.8) is 0 Å². The van der Waals surface area contributed by atoms with Crippen molar-refractivity contribution in [1.82, 2.24) is 0 Å². The average Bonchev–Trinajstić information content (AvgIpc) is 3.22. The standard InChI is InChI=1S/C25H16F4N2O3S2/c1-15(32)23-19-4-2-3-5-22(19)35-24(23)31(36(33,34)18-9-6-16(13-30)7-10-18)14-17-8-11-21(26)20(12-17)25(27,28)29/h2-12H,14H2,1H3. The first kappa shape index (κ1) is 25.3. The Morgan fingerprint density at radius 3 is 2.33 bits per heavy atom. The molecule has 0 saturated carbocycles. The minimum Gasteiger partial charge on any atom is -0.294 e. The van der Waals surface area contributed by atoms with Crippen molar-refractivity contribution in [1.29, 1.82) is 5.26 Å². The van der Waals surface area contributed by atoms with Gasteiger partial charge in [-0.05, 0) is 55.0 Å². The zero-order valence-corrected chi connectivity index (χ0v) is 20.1. The van der Waals surface area contributed by atoms with Gasteiger partial charge in [-0.2, -0.15) is 18.4 Å². The van der Waals surface area contributed by atoms with Crippen LogP contribution in [0.3, 0.4) is 0 Å². The molecule has 1 aromatic heterocycles. The number of rotatable bonds is 6. The molecule has 0 N–H and O–H groups in total. The maximum atomic E-state index is 13.9. The number of ketones is 1. The number of alkyl halides is 3. The number of hydrogen-bond acceptors (Lipinski definition) is 5.